The van der Waals surface area contributed by atoms with Crippen molar-refractivity contribution in [2.75, 3.05) is 18.4 Å². The zero-order valence-corrected chi connectivity index (χ0v) is 16.7. The van der Waals surface area contributed by atoms with E-state index in [0.717, 1.165) is 39.8 Å². The number of aryl methyl sites for hydroxylation is 2. The molecule has 0 aliphatic carbocycles. The van der Waals surface area contributed by atoms with Gasteiger partial charge in [0.05, 0.1) is 6.04 Å². The van der Waals surface area contributed by atoms with E-state index in [4.69, 9.17) is 23.2 Å². The molecule has 0 radical (unpaired) electrons. The Morgan fingerprint density at radius 3 is 2.32 bits per heavy atom. The molecule has 0 aromatic heterocycles. The Labute approximate surface area is 161 Å². The van der Waals surface area contributed by atoms with Crippen molar-refractivity contribution in [2.24, 2.45) is 0 Å². The van der Waals surface area contributed by atoms with Crippen molar-refractivity contribution in [3.05, 3.63) is 62.6 Å². The van der Waals surface area contributed by atoms with Crippen LogP contribution >= 0.6 is 23.2 Å². The van der Waals surface area contributed by atoms with E-state index < -0.39 is 0 Å². The second-order valence-corrected chi connectivity index (χ2v) is 7.79. The van der Waals surface area contributed by atoms with E-state index in [1.807, 2.05) is 6.07 Å². The molecule has 2 nitrogen and oxygen atoms in total. The number of rotatable bonds is 6. The molecule has 0 amide bonds. The third-order valence-corrected chi connectivity index (χ3v) is 5.96. The standard InChI is InChI=1S/C21H26Cl2N2/c1-4-20(16-10-14(2)21(23)15(3)11-16)24-18-6-7-19(22)17(12-18)13-25-8-5-9-25/h6-7,10-12,20,24H,4-5,8-9,13H2,1-3H3/t20-/m1/s1. The van der Waals surface area contributed by atoms with Crippen molar-refractivity contribution in [3.63, 3.8) is 0 Å². The molecule has 1 fully saturated rings. The van der Waals surface area contributed by atoms with Gasteiger partial charge in [-0.2, -0.15) is 0 Å². The van der Waals surface area contributed by atoms with Gasteiger partial charge in [-0.05, 0) is 80.2 Å². The van der Waals surface area contributed by atoms with E-state index in [0.29, 0.717) is 0 Å². The van der Waals surface area contributed by atoms with Gasteiger partial charge in [-0.25, -0.2) is 0 Å². The lowest BCUT2D eigenvalue weighted by atomic mass is 9.99. The normalized spacial score (nSPS) is 15.7. The minimum absolute atomic E-state index is 0.257. The number of hydrogen-bond donors (Lipinski definition) is 1. The zero-order chi connectivity index (χ0) is 18.0. The molecule has 25 heavy (non-hydrogen) atoms. The van der Waals surface area contributed by atoms with Crippen LogP contribution < -0.4 is 5.32 Å². The van der Waals surface area contributed by atoms with Crippen molar-refractivity contribution < 1.29 is 0 Å². The Bertz CT molecular complexity index is 731. The summed E-state index contributed by atoms with van der Waals surface area (Å²) in [6, 6.07) is 10.9. The number of benzene rings is 2. The van der Waals surface area contributed by atoms with Crippen LogP contribution in [-0.2, 0) is 6.54 Å². The monoisotopic (exact) mass is 376 g/mol. The third-order valence-electron chi connectivity index (χ3n) is 5.00. The molecule has 134 valence electrons. The van der Waals surface area contributed by atoms with Crippen LogP contribution in [0.5, 0.6) is 0 Å². The van der Waals surface area contributed by atoms with Crippen LogP contribution in [0, 0.1) is 13.8 Å². The van der Waals surface area contributed by atoms with Crippen LogP contribution in [0.4, 0.5) is 5.69 Å². The smallest absolute Gasteiger partial charge is 0.0511 e. The molecule has 1 aliphatic rings. The molecular weight excluding hydrogens is 351 g/mol. The average Bonchev–Trinajstić information content (AvgIpc) is 2.55. The molecule has 0 bridgehead atoms. The van der Waals surface area contributed by atoms with Crippen molar-refractivity contribution in [1.82, 2.24) is 4.90 Å². The summed E-state index contributed by atoms with van der Waals surface area (Å²) in [5.41, 5.74) is 5.86. The fraction of sp³-hybridized carbons (Fsp3) is 0.429. The summed E-state index contributed by atoms with van der Waals surface area (Å²) in [6.45, 7) is 9.62. The number of likely N-dealkylation sites (tertiary alicyclic amines) is 1. The number of nitrogens with zero attached hydrogens (tertiary/aromatic N) is 1. The Morgan fingerprint density at radius 2 is 1.76 bits per heavy atom. The van der Waals surface area contributed by atoms with E-state index in [-0.39, 0.29) is 6.04 Å². The second-order valence-electron chi connectivity index (χ2n) is 7.01. The van der Waals surface area contributed by atoms with E-state index in [1.165, 1.54) is 30.6 Å². The van der Waals surface area contributed by atoms with Crippen molar-refractivity contribution in [2.45, 2.75) is 46.2 Å². The van der Waals surface area contributed by atoms with Crippen molar-refractivity contribution in [3.8, 4) is 0 Å². The molecule has 0 spiro atoms. The first-order valence-corrected chi connectivity index (χ1v) is 9.77. The highest BCUT2D eigenvalue weighted by molar-refractivity contribution is 6.32. The second kappa shape index (κ2) is 7.99. The molecule has 3 rings (SSSR count). The lowest BCUT2D eigenvalue weighted by Gasteiger charge is -2.31. The topological polar surface area (TPSA) is 15.3 Å². The Balaban J connectivity index is 1.80. The first kappa shape index (κ1) is 18.6. The molecule has 1 atom stereocenters. The quantitative estimate of drug-likeness (QED) is 0.628. The minimum Gasteiger partial charge on any atom is -0.378 e. The molecular formula is C21H26Cl2N2. The highest BCUT2D eigenvalue weighted by Gasteiger charge is 2.17. The number of anilines is 1. The van der Waals surface area contributed by atoms with Crippen LogP contribution in [0.1, 0.15) is 48.1 Å². The number of hydrogen-bond acceptors (Lipinski definition) is 2. The summed E-state index contributed by atoms with van der Waals surface area (Å²) in [7, 11) is 0. The van der Waals surface area contributed by atoms with Crippen LogP contribution in [0.2, 0.25) is 10.0 Å². The van der Waals surface area contributed by atoms with Gasteiger partial charge in [-0.1, -0.05) is 42.3 Å². The maximum absolute atomic E-state index is 6.40. The third kappa shape index (κ3) is 4.31. The summed E-state index contributed by atoms with van der Waals surface area (Å²) in [5.74, 6) is 0. The fourth-order valence-corrected chi connectivity index (χ4v) is 3.66. The van der Waals surface area contributed by atoms with Crippen LogP contribution in [0.3, 0.4) is 0 Å². The summed E-state index contributed by atoms with van der Waals surface area (Å²) in [6.07, 6.45) is 2.30. The zero-order valence-electron chi connectivity index (χ0n) is 15.2. The molecule has 1 saturated heterocycles. The Kier molecular flexibility index (Phi) is 5.93. The highest BCUT2D eigenvalue weighted by atomic mass is 35.5. The lowest BCUT2D eigenvalue weighted by molar-refractivity contribution is 0.172. The summed E-state index contributed by atoms with van der Waals surface area (Å²) < 4.78 is 0. The van der Waals surface area contributed by atoms with Crippen LogP contribution in [0.25, 0.3) is 0 Å². The molecule has 1 N–H and O–H groups in total. The summed E-state index contributed by atoms with van der Waals surface area (Å²) in [5, 5.41) is 5.39. The molecule has 2 aromatic rings. The van der Waals surface area contributed by atoms with Gasteiger partial charge in [-0.3, -0.25) is 4.90 Å². The van der Waals surface area contributed by atoms with Gasteiger partial charge in [0.15, 0.2) is 0 Å². The number of halogens is 2. The van der Waals surface area contributed by atoms with Crippen LogP contribution in [0.15, 0.2) is 30.3 Å². The van der Waals surface area contributed by atoms with E-state index in [1.54, 1.807) is 0 Å². The predicted octanol–water partition coefficient (Wildman–Crippen LogP) is 6.38. The molecule has 0 saturated carbocycles. The first-order chi connectivity index (χ1) is 12.0. The van der Waals surface area contributed by atoms with Gasteiger partial charge in [0.2, 0.25) is 0 Å². The summed E-state index contributed by atoms with van der Waals surface area (Å²) >= 11 is 12.7. The average molecular weight is 377 g/mol. The van der Waals surface area contributed by atoms with Crippen molar-refractivity contribution in [1.29, 1.82) is 0 Å². The summed E-state index contributed by atoms with van der Waals surface area (Å²) in [4.78, 5) is 2.42. The van der Waals surface area contributed by atoms with Gasteiger partial charge in [0.1, 0.15) is 0 Å². The largest absolute Gasteiger partial charge is 0.378 e. The lowest BCUT2D eigenvalue weighted by Crippen LogP contribution is -2.36. The minimum atomic E-state index is 0.257. The molecule has 4 heteroatoms. The maximum atomic E-state index is 6.40. The van der Waals surface area contributed by atoms with Crippen molar-refractivity contribution >= 4 is 28.9 Å². The van der Waals surface area contributed by atoms with Gasteiger partial charge in [0, 0.05) is 22.3 Å². The Morgan fingerprint density at radius 1 is 1.08 bits per heavy atom. The van der Waals surface area contributed by atoms with Gasteiger partial charge < -0.3 is 5.32 Å². The van der Waals surface area contributed by atoms with Gasteiger partial charge in [-0.15, -0.1) is 0 Å². The fourth-order valence-electron chi connectivity index (χ4n) is 3.37. The van der Waals surface area contributed by atoms with Crippen LogP contribution in [-0.4, -0.2) is 18.0 Å². The number of nitrogens with one attached hydrogen (secondary N) is 1. The van der Waals surface area contributed by atoms with E-state index in [2.05, 4.69) is 55.3 Å². The molecule has 1 aliphatic heterocycles. The first-order valence-electron chi connectivity index (χ1n) is 9.02. The predicted molar refractivity (Wildman–Crippen MR) is 109 cm³/mol. The maximum Gasteiger partial charge on any atom is 0.0511 e. The van der Waals surface area contributed by atoms with Gasteiger partial charge >= 0.3 is 0 Å². The van der Waals surface area contributed by atoms with Gasteiger partial charge in [0.25, 0.3) is 0 Å². The van der Waals surface area contributed by atoms with E-state index >= 15 is 0 Å². The Hall–Kier alpha value is -1.22. The highest BCUT2D eigenvalue weighted by Crippen LogP contribution is 2.30. The molecule has 1 heterocycles. The SMILES string of the molecule is CC[C@@H](Nc1ccc(Cl)c(CN2CCC2)c1)c1cc(C)c(Cl)c(C)c1. The molecule has 0 unspecified atom stereocenters. The molecule has 2 aromatic carbocycles. The van der Waals surface area contributed by atoms with E-state index in [9.17, 15) is 0 Å².